The number of aromatic nitrogens is 2. The topological polar surface area (TPSA) is 149 Å². The zero-order chi connectivity index (χ0) is 26.3. The van der Waals surface area contributed by atoms with Gasteiger partial charge in [0.1, 0.15) is 6.61 Å². The number of carbonyl (C=O) groups excluding carboxylic acids is 2. The van der Waals surface area contributed by atoms with Gasteiger partial charge in [-0.3, -0.25) is 9.59 Å². The zero-order valence-corrected chi connectivity index (χ0v) is 21.3. The van der Waals surface area contributed by atoms with Crippen molar-refractivity contribution >= 4 is 40.8 Å². The molecule has 0 saturated carbocycles. The number of hydrogen-bond acceptors (Lipinski definition) is 9. The number of carbonyl (C=O) groups is 2. The number of benzene rings is 1. The lowest BCUT2D eigenvalue weighted by Gasteiger charge is -2.31. The third kappa shape index (κ3) is 4.12. The molecular formula is C26H27N5O5S. The van der Waals surface area contributed by atoms with Crippen molar-refractivity contribution in [2.45, 2.75) is 44.6 Å². The molecule has 1 unspecified atom stereocenters. The highest BCUT2D eigenvalue weighted by Gasteiger charge is 2.45. The van der Waals surface area contributed by atoms with Gasteiger partial charge in [0.15, 0.2) is 5.60 Å². The maximum Gasteiger partial charge on any atom is 0.343 e. The van der Waals surface area contributed by atoms with Crippen molar-refractivity contribution in [3.05, 3.63) is 62.9 Å². The fourth-order valence-electron chi connectivity index (χ4n) is 4.83. The van der Waals surface area contributed by atoms with Crippen molar-refractivity contribution in [3.8, 4) is 11.4 Å². The van der Waals surface area contributed by atoms with Crippen LogP contribution in [-0.2, 0) is 33.1 Å². The molecule has 0 radical (unpaired) electrons. The summed E-state index contributed by atoms with van der Waals surface area (Å²) in [6.45, 7) is 1.69. The summed E-state index contributed by atoms with van der Waals surface area (Å²) in [5.74, 6) is -0.381. The highest BCUT2D eigenvalue weighted by molar-refractivity contribution is 7.98. The molecule has 11 heteroatoms. The highest BCUT2D eigenvalue weighted by atomic mass is 32.2. The number of fused-ring (bicyclic) bond motifs is 5. The van der Waals surface area contributed by atoms with Crippen LogP contribution in [0.1, 0.15) is 42.0 Å². The number of ether oxygens (including phenoxy) is 1. The monoisotopic (exact) mass is 521 g/mol. The van der Waals surface area contributed by atoms with Crippen LogP contribution in [0.3, 0.4) is 0 Å². The van der Waals surface area contributed by atoms with Gasteiger partial charge >= 0.3 is 5.97 Å². The lowest BCUT2D eigenvalue weighted by atomic mass is 9.86. The van der Waals surface area contributed by atoms with Crippen LogP contribution in [0.2, 0.25) is 0 Å². The first-order valence-corrected chi connectivity index (χ1v) is 13.4. The van der Waals surface area contributed by atoms with Crippen molar-refractivity contribution in [3.63, 3.8) is 0 Å². The average Bonchev–Trinajstić information content (AvgIpc) is 3.27. The van der Waals surface area contributed by atoms with Crippen LogP contribution in [0, 0.1) is 0 Å². The molecule has 0 aliphatic carbocycles. The minimum absolute atomic E-state index is 0.0659. The molecule has 10 nitrogen and oxygen atoms in total. The third-order valence-corrected chi connectivity index (χ3v) is 7.62. The maximum atomic E-state index is 13.5. The van der Waals surface area contributed by atoms with Gasteiger partial charge in [-0.25, -0.2) is 15.2 Å². The SMILES string of the molecule is CC[C@@]1(O)C(=O)OCc2c1cc1n(c2=O)Cc2c-1nc1ccccc1c2/C=N\NC(=O)C(N)CCSC. The summed E-state index contributed by atoms with van der Waals surface area (Å²) >= 11 is 1.61. The Morgan fingerprint density at radius 1 is 1.38 bits per heavy atom. The minimum atomic E-state index is -1.90. The molecular weight excluding hydrogens is 494 g/mol. The molecule has 0 saturated heterocycles. The van der Waals surface area contributed by atoms with Crippen LogP contribution in [0.15, 0.2) is 40.2 Å². The molecule has 4 heterocycles. The first-order valence-electron chi connectivity index (χ1n) is 12.0. The Kier molecular flexibility index (Phi) is 6.61. The average molecular weight is 522 g/mol. The van der Waals surface area contributed by atoms with Gasteiger partial charge in [-0.1, -0.05) is 25.1 Å². The van der Waals surface area contributed by atoms with E-state index >= 15 is 0 Å². The molecule has 1 aromatic carbocycles. The Labute approximate surface area is 216 Å². The number of esters is 1. The van der Waals surface area contributed by atoms with Gasteiger partial charge in [-0.15, -0.1) is 0 Å². The van der Waals surface area contributed by atoms with Crippen LogP contribution in [0.4, 0.5) is 0 Å². The molecule has 0 bridgehead atoms. The van der Waals surface area contributed by atoms with Gasteiger partial charge in [-0.2, -0.15) is 16.9 Å². The Morgan fingerprint density at radius 2 is 2.16 bits per heavy atom. The van der Waals surface area contributed by atoms with E-state index in [9.17, 15) is 19.5 Å². The second-order valence-electron chi connectivity index (χ2n) is 9.10. The van der Waals surface area contributed by atoms with Crippen molar-refractivity contribution < 1.29 is 19.4 Å². The summed E-state index contributed by atoms with van der Waals surface area (Å²) in [6.07, 6.45) is 4.10. The van der Waals surface area contributed by atoms with Crippen LogP contribution >= 0.6 is 11.8 Å². The van der Waals surface area contributed by atoms with E-state index in [-0.39, 0.29) is 42.2 Å². The van der Waals surface area contributed by atoms with Gasteiger partial charge < -0.3 is 20.1 Å². The molecule has 1 amide bonds. The Morgan fingerprint density at radius 3 is 2.92 bits per heavy atom. The standard InChI is InChI=1S/C26H27N5O5S/c1-3-26(35)18-10-21-22-16(12-31(21)24(33)17(18)13-36-25(26)34)15(14-6-4-5-7-20(14)29-22)11-28-30-23(32)19(27)8-9-37-2/h4-7,10-11,19,35H,3,8-9,12-13,27H2,1-2H3,(H,30,32)/b28-11-/t19?,26-/m0/s1. The first-order chi connectivity index (χ1) is 17.8. The molecule has 37 heavy (non-hydrogen) atoms. The fraction of sp³-hybridized carbons (Fsp3) is 0.346. The maximum absolute atomic E-state index is 13.5. The number of nitrogens with one attached hydrogen (secondary N) is 1. The van der Waals surface area contributed by atoms with E-state index in [2.05, 4.69) is 10.5 Å². The molecule has 4 N–H and O–H groups in total. The number of para-hydroxylation sites is 1. The Bertz CT molecular complexity index is 1520. The highest BCUT2D eigenvalue weighted by Crippen LogP contribution is 2.39. The zero-order valence-electron chi connectivity index (χ0n) is 20.5. The van der Waals surface area contributed by atoms with Gasteiger partial charge in [0, 0.05) is 22.1 Å². The van der Waals surface area contributed by atoms with Crippen molar-refractivity contribution in [2.24, 2.45) is 10.8 Å². The van der Waals surface area contributed by atoms with E-state index in [4.69, 9.17) is 15.5 Å². The smallest absolute Gasteiger partial charge is 0.343 e. The van der Waals surface area contributed by atoms with Crippen molar-refractivity contribution in [2.75, 3.05) is 12.0 Å². The van der Waals surface area contributed by atoms with Crippen LogP contribution in [0.5, 0.6) is 0 Å². The normalized spacial score (nSPS) is 18.9. The van der Waals surface area contributed by atoms with Gasteiger partial charge in [-0.05, 0) is 37.0 Å². The van der Waals surface area contributed by atoms with Gasteiger partial charge in [0.2, 0.25) is 0 Å². The van der Waals surface area contributed by atoms with Crippen molar-refractivity contribution in [1.82, 2.24) is 15.0 Å². The number of rotatable bonds is 7. The van der Waals surface area contributed by atoms with Gasteiger partial charge in [0.05, 0.1) is 41.3 Å². The lowest BCUT2D eigenvalue weighted by molar-refractivity contribution is -0.172. The van der Waals surface area contributed by atoms with Crippen molar-refractivity contribution in [1.29, 1.82) is 0 Å². The number of thioether (sulfide) groups is 1. The number of cyclic esters (lactones) is 1. The van der Waals surface area contributed by atoms with E-state index in [1.807, 2.05) is 30.5 Å². The molecule has 3 aromatic rings. The molecule has 0 spiro atoms. The second-order valence-corrected chi connectivity index (χ2v) is 10.1. The molecule has 192 valence electrons. The first kappa shape index (κ1) is 25.1. The summed E-state index contributed by atoms with van der Waals surface area (Å²) in [5, 5.41) is 16.1. The summed E-state index contributed by atoms with van der Waals surface area (Å²) in [7, 11) is 0. The second kappa shape index (κ2) is 9.73. The lowest BCUT2D eigenvalue weighted by Crippen LogP contribution is -2.44. The molecule has 2 aromatic heterocycles. The largest absolute Gasteiger partial charge is 0.458 e. The van der Waals surface area contributed by atoms with E-state index in [0.29, 0.717) is 28.9 Å². The van der Waals surface area contributed by atoms with E-state index in [0.717, 1.165) is 16.7 Å². The summed E-state index contributed by atoms with van der Waals surface area (Å²) in [5.41, 5.74) is 9.91. The molecule has 2 atom stereocenters. The summed E-state index contributed by atoms with van der Waals surface area (Å²) in [4.78, 5) is 43.1. The summed E-state index contributed by atoms with van der Waals surface area (Å²) < 4.78 is 6.71. The van der Waals surface area contributed by atoms with E-state index in [1.54, 1.807) is 35.5 Å². The molecule has 5 rings (SSSR count). The third-order valence-electron chi connectivity index (χ3n) is 6.98. The number of pyridine rings is 2. The minimum Gasteiger partial charge on any atom is -0.458 e. The number of aliphatic hydroxyl groups is 1. The Hall–Kier alpha value is -3.54. The number of hydrogen-bond donors (Lipinski definition) is 3. The molecule has 2 aliphatic heterocycles. The van der Waals surface area contributed by atoms with E-state index in [1.165, 1.54) is 0 Å². The summed E-state index contributed by atoms with van der Waals surface area (Å²) in [6, 6.07) is 8.48. The van der Waals surface area contributed by atoms with Crippen LogP contribution in [0.25, 0.3) is 22.3 Å². The predicted octanol–water partition coefficient (Wildman–Crippen LogP) is 1.61. The predicted molar refractivity (Wildman–Crippen MR) is 141 cm³/mol. The van der Waals surface area contributed by atoms with Crippen LogP contribution < -0.4 is 16.7 Å². The number of nitrogens with two attached hydrogens (primary N) is 1. The fourth-order valence-corrected chi connectivity index (χ4v) is 5.32. The number of amides is 1. The van der Waals surface area contributed by atoms with Crippen LogP contribution in [-0.4, -0.2) is 50.8 Å². The number of nitrogens with zero attached hydrogens (tertiary/aromatic N) is 3. The molecule has 0 fully saturated rings. The Balaban J connectivity index is 1.61. The molecule has 2 aliphatic rings. The van der Waals surface area contributed by atoms with E-state index < -0.39 is 17.6 Å². The van der Waals surface area contributed by atoms with Gasteiger partial charge in [0.25, 0.3) is 11.5 Å². The quantitative estimate of drug-likeness (QED) is 0.189. The number of hydrazone groups is 1.